The van der Waals surface area contributed by atoms with Gasteiger partial charge in [0, 0.05) is 11.3 Å². The molecule has 31 heavy (non-hydrogen) atoms. The molecule has 1 heterocycles. The standard InChI is InChI=1S/C21H11ClF4N2O2S/c1-30-19-17(25)15(23)14(16(24)18(19)26)20(29)27-9-6-7-11(22)10(8-9)21-28-12-4-2-3-5-13(12)31-21/h2-8H,1H3,(H,27,29). The molecule has 0 fully saturated rings. The number of hydrogen-bond donors (Lipinski definition) is 1. The summed E-state index contributed by atoms with van der Waals surface area (Å²) in [6, 6.07) is 11.7. The number of amides is 1. The third kappa shape index (κ3) is 3.70. The highest BCUT2D eigenvalue weighted by Crippen LogP contribution is 2.36. The highest BCUT2D eigenvalue weighted by atomic mass is 35.5. The Morgan fingerprint density at radius 1 is 1.03 bits per heavy atom. The molecule has 0 aliphatic carbocycles. The number of carbonyl (C=O) groups is 1. The predicted molar refractivity (Wildman–Crippen MR) is 111 cm³/mol. The van der Waals surface area contributed by atoms with Crippen LogP contribution >= 0.6 is 22.9 Å². The lowest BCUT2D eigenvalue weighted by Gasteiger charge is -2.12. The Kier molecular flexibility index (Phi) is 5.55. The summed E-state index contributed by atoms with van der Waals surface area (Å²) in [6.45, 7) is 0. The quantitative estimate of drug-likeness (QED) is 0.278. The summed E-state index contributed by atoms with van der Waals surface area (Å²) in [6.07, 6.45) is 0. The molecule has 1 amide bonds. The van der Waals surface area contributed by atoms with Crippen LogP contribution in [0.15, 0.2) is 42.5 Å². The van der Waals surface area contributed by atoms with Crippen LogP contribution in [0.3, 0.4) is 0 Å². The number of methoxy groups -OCH3 is 1. The van der Waals surface area contributed by atoms with E-state index in [2.05, 4.69) is 15.0 Å². The topological polar surface area (TPSA) is 51.2 Å². The Morgan fingerprint density at radius 2 is 1.71 bits per heavy atom. The number of nitrogens with one attached hydrogen (secondary N) is 1. The normalized spacial score (nSPS) is 11.0. The molecule has 0 bridgehead atoms. The zero-order valence-electron chi connectivity index (χ0n) is 15.6. The van der Waals surface area contributed by atoms with Crippen LogP contribution in [0.2, 0.25) is 5.02 Å². The molecule has 3 aromatic carbocycles. The molecule has 1 aromatic heterocycles. The minimum absolute atomic E-state index is 0.0964. The molecule has 0 spiro atoms. The molecule has 0 saturated heterocycles. The first-order chi connectivity index (χ1) is 14.8. The van der Waals surface area contributed by atoms with E-state index in [9.17, 15) is 22.4 Å². The van der Waals surface area contributed by atoms with Crippen LogP contribution in [0.25, 0.3) is 20.8 Å². The first-order valence-electron chi connectivity index (χ1n) is 8.68. The Balaban J connectivity index is 1.71. The minimum atomic E-state index is -1.87. The van der Waals surface area contributed by atoms with Crippen molar-refractivity contribution in [3.8, 4) is 16.3 Å². The van der Waals surface area contributed by atoms with Gasteiger partial charge in [0.15, 0.2) is 17.4 Å². The molecular formula is C21H11ClF4N2O2S. The van der Waals surface area contributed by atoms with Gasteiger partial charge in [-0.2, -0.15) is 8.78 Å². The van der Waals surface area contributed by atoms with E-state index in [1.54, 1.807) is 0 Å². The molecule has 0 atom stereocenters. The van der Waals surface area contributed by atoms with Gasteiger partial charge in [0.25, 0.3) is 5.91 Å². The first-order valence-corrected chi connectivity index (χ1v) is 9.88. The smallest absolute Gasteiger partial charge is 0.261 e. The van der Waals surface area contributed by atoms with Crippen molar-refractivity contribution < 1.29 is 27.1 Å². The summed E-state index contributed by atoms with van der Waals surface area (Å²) < 4.78 is 61.5. The van der Waals surface area contributed by atoms with Crippen LogP contribution in [0.1, 0.15) is 10.4 Å². The van der Waals surface area contributed by atoms with Crippen molar-refractivity contribution in [2.24, 2.45) is 0 Å². The SMILES string of the molecule is COc1c(F)c(F)c(C(=O)Nc2ccc(Cl)c(-c3nc4ccccc4s3)c2)c(F)c1F. The number of aromatic nitrogens is 1. The number of rotatable bonds is 4. The summed E-state index contributed by atoms with van der Waals surface area (Å²) in [4.78, 5) is 16.9. The third-order valence-corrected chi connectivity index (χ3v) is 5.80. The van der Waals surface area contributed by atoms with Crippen LogP contribution in [0, 0.1) is 23.3 Å². The molecule has 0 aliphatic rings. The summed E-state index contributed by atoms with van der Waals surface area (Å²) in [5.74, 6) is -9.98. The van der Waals surface area contributed by atoms with Crippen LogP contribution < -0.4 is 10.1 Å². The van der Waals surface area contributed by atoms with Crippen LogP contribution in [-0.2, 0) is 0 Å². The van der Waals surface area contributed by atoms with Gasteiger partial charge in [-0.05, 0) is 30.3 Å². The number of anilines is 1. The van der Waals surface area contributed by atoms with Crippen LogP contribution in [0.5, 0.6) is 5.75 Å². The molecule has 158 valence electrons. The minimum Gasteiger partial charge on any atom is -0.491 e. The van der Waals surface area contributed by atoms with Gasteiger partial charge in [-0.3, -0.25) is 4.79 Å². The Morgan fingerprint density at radius 3 is 2.35 bits per heavy atom. The number of hydrogen-bond acceptors (Lipinski definition) is 4. The highest BCUT2D eigenvalue weighted by molar-refractivity contribution is 7.21. The maximum absolute atomic E-state index is 14.2. The number of fused-ring (bicyclic) bond motifs is 1. The van der Waals surface area contributed by atoms with Crippen molar-refractivity contribution in [3.05, 3.63) is 76.3 Å². The molecule has 0 radical (unpaired) electrons. The Hall–Kier alpha value is -3.17. The van der Waals surface area contributed by atoms with E-state index in [-0.39, 0.29) is 5.69 Å². The number of thiazole rings is 1. The molecule has 4 nitrogen and oxygen atoms in total. The highest BCUT2D eigenvalue weighted by Gasteiger charge is 2.30. The van der Waals surface area contributed by atoms with Crippen molar-refractivity contribution in [3.63, 3.8) is 0 Å². The van der Waals surface area contributed by atoms with E-state index in [4.69, 9.17) is 11.6 Å². The number of nitrogens with zero attached hydrogens (tertiary/aromatic N) is 1. The van der Waals surface area contributed by atoms with Crippen molar-refractivity contribution >= 4 is 44.7 Å². The molecule has 0 saturated carbocycles. The predicted octanol–water partition coefficient (Wildman–Crippen LogP) is 6.43. The molecule has 4 aromatic rings. The van der Waals surface area contributed by atoms with Crippen LogP contribution in [0.4, 0.5) is 23.2 Å². The number of ether oxygens (including phenoxy) is 1. The summed E-state index contributed by atoms with van der Waals surface area (Å²) in [5, 5.41) is 3.11. The lowest BCUT2D eigenvalue weighted by molar-refractivity contribution is 0.101. The number of para-hydroxylation sites is 1. The second-order valence-corrected chi connectivity index (χ2v) is 7.74. The van der Waals surface area contributed by atoms with Gasteiger partial charge in [0.05, 0.1) is 22.3 Å². The van der Waals surface area contributed by atoms with E-state index in [1.807, 2.05) is 24.3 Å². The van der Waals surface area contributed by atoms with Gasteiger partial charge in [0.1, 0.15) is 10.6 Å². The van der Waals surface area contributed by atoms with Crippen molar-refractivity contribution in [2.75, 3.05) is 12.4 Å². The molecule has 4 rings (SSSR count). The molecule has 0 unspecified atom stereocenters. The molecule has 0 aliphatic heterocycles. The van der Waals surface area contributed by atoms with Gasteiger partial charge < -0.3 is 10.1 Å². The van der Waals surface area contributed by atoms with E-state index in [0.717, 1.165) is 17.3 Å². The number of carbonyl (C=O) groups excluding carboxylic acids is 1. The molecule has 1 N–H and O–H groups in total. The fourth-order valence-electron chi connectivity index (χ4n) is 2.94. The average Bonchev–Trinajstić information content (AvgIpc) is 3.18. The van der Waals surface area contributed by atoms with E-state index in [0.29, 0.717) is 15.6 Å². The number of benzene rings is 3. The fourth-order valence-corrected chi connectivity index (χ4v) is 4.20. The Bertz CT molecular complexity index is 1280. The number of halogens is 5. The zero-order valence-corrected chi connectivity index (χ0v) is 17.2. The second kappa shape index (κ2) is 8.16. The van der Waals surface area contributed by atoms with Crippen molar-refractivity contribution in [1.29, 1.82) is 0 Å². The largest absolute Gasteiger partial charge is 0.491 e. The van der Waals surface area contributed by atoms with Gasteiger partial charge in [-0.25, -0.2) is 13.8 Å². The van der Waals surface area contributed by atoms with Crippen molar-refractivity contribution in [1.82, 2.24) is 4.98 Å². The second-order valence-electron chi connectivity index (χ2n) is 6.30. The zero-order chi connectivity index (χ0) is 22.3. The Labute approximate surface area is 182 Å². The van der Waals surface area contributed by atoms with Gasteiger partial charge in [0.2, 0.25) is 11.6 Å². The fraction of sp³-hybridized carbons (Fsp3) is 0.0476. The van der Waals surface area contributed by atoms with Gasteiger partial charge >= 0.3 is 0 Å². The van der Waals surface area contributed by atoms with E-state index >= 15 is 0 Å². The van der Waals surface area contributed by atoms with E-state index in [1.165, 1.54) is 29.5 Å². The first kappa shape index (κ1) is 21.1. The third-order valence-electron chi connectivity index (χ3n) is 4.40. The summed E-state index contributed by atoms with van der Waals surface area (Å²) >= 11 is 7.62. The summed E-state index contributed by atoms with van der Waals surface area (Å²) in [5.41, 5.74) is -0.0959. The van der Waals surface area contributed by atoms with Crippen LogP contribution in [-0.4, -0.2) is 18.0 Å². The monoisotopic (exact) mass is 466 g/mol. The average molecular weight is 467 g/mol. The summed E-state index contributed by atoms with van der Waals surface area (Å²) in [7, 11) is 0.845. The molecular weight excluding hydrogens is 456 g/mol. The lowest BCUT2D eigenvalue weighted by Crippen LogP contribution is -2.18. The van der Waals surface area contributed by atoms with Crippen molar-refractivity contribution in [2.45, 2.75) is 0 Å². The van der Waals surface area contributed by atoms with E-state index < -0.39 is 40.5 Å². The maximum atomic E-state index is 14.2. The van der Waals surface area contributed by atoms with Gasteiger partial charge in [-0.1, -0.05) is 23.7 Å². The maximum Gasteiger partial charge on any atom is 0.261 e. The van der Waals surface area contributed by atoms with Gasteiger partial charge in [-0.15, -0.1) is 11.3 Å². The lowest BCUT2D eigenvalue weighted by atomic mass is 10.1. The molecule has 10 heteroatoms.